The Morgan fingerprint density at radius 1 is 1.00 bits per heavy atom. The van der Waals surface area contributed by atoms with Crippen molar-refractivity contribution in [3.05, 3.63) is 41.5 Å². The maximum Gasteiger partial charge on any atom is 0.392 e. The Labute approximate surface area is 100 Å². The van der Waals surface area contributed by atoms with Crippen molar-refractivity contribution in [2.24, 2.45) is 0 Å². The average molecular weight is 242 g/mol. The Balaban J connectivity index is 2.69. The molecule has 0 aromatic heterocycles. The molecule has 0 saturated carbocycles. The summed E-state index contributed by atoms with van der Waals surface area (Å²) < 4.78 is 35.8. The standard InChI is InChI=1S/C14H17F3/c1-13(2,3)12-8-6-11(7-9-12)5-4-10-14(15,16)17/h4-9H,10H2,1-3H3/b5-4+. The minimum atomic E-state index is -4.12. The third-order valence-electron chi connectivity index (χ3n) is 2.44. The van der Waals surface area contributed by atoms with Crippen LogP contribution < -0.4 is 0 Å². The van der Waals surface area contributed by atoms with Crippen LogP contribution in [0.3, 0.4) is 0 Å². The third-order valence-corrected chi connectivity index (χ3v) is 2.44. The summed E-state index contributed by atoms with van der Waals surface area (Å²) >= 11 is 0. The molecule has 0 amide bonds. The topological polar surface area (TPSA) is 0 Å². The largest absolute Gasteiger partial charge is 0.392 e. The lowest BCUT2D eigenvalue weighted by Gasteiger charge is -2.18. The van der Waals surface area contributed by atoms with Gasteiger partial charge in [0.15, 0.2) is 0 Å². The molecule has 0 saturated heterocycles. The molecule has 1 aromatic rings. The van der Waals surface area contributed by atoms with E-state index in [0.717, 1.165) is 11.6 Å². The van der Waals surface area contributed by atoms with Gasteiger partial charge in [0.05, 0.1) is 6.42 Å². The van der Waals surface area contributed by atoms with E-state index in [2.05, 4.69) is 20.8 Å². The molecule has 0 unspecified atom stereocenters. The molecule has 3 heteroatoms. The van der Waals surface area contributed by atoms with E-state index in [4.69, 9.17) is 0 Å². The molecule has 0 radical (unpaired) electrons. The lowest BCUT2D eigenvalue weighted by molar-refractivity contribution is -0.124. The van der Waals surface area contributed by atoms with Crippen molar-refractivity contribution < 1.29 is 13.2 Å². The first-order chi connectivity index (χ1) is 7.68. The minimum absolute atomic E-state index is 0.0637. The van der Waals surface area contributed by atoms with Crippen LogP contribution in [0.15, 0.2) is 30.3 Å². The fourth-order valence-corrected chi connectivity index (χ4v) is 1.42. The second kappa shape index (κ2) is 4.94. The lowest BCUT2D eigenvalue weighted by Crippen LogP contribution is -2.10. The number of benzene rings is 1. The summed E-state index contributed by atoms with van der Waals surface area (Å²) in [4.78, 5) is 0. The highest BCUT2D eigenvalue weighted by atomic mass is 19.4. The Morgan fingerprint density at radius 3 is 1.94 bits per heavy atom. The molecule has 0 nitrogen and oxygen atoms in total. The van der Waals surface area contributed by atoms with Crippen LogP contribution in [0.1, 0.15) is 38.3 Å². The van der Waals surface area contributed by atoms with Crippen LogP contribution in [-0.2, 0) is 5.41 Å². The van der Waals surface area contributed by atoms with Gasteiger partial charge in [-0.3, -0.25) is 0 Å². The molecule has 1 rings (SSSR count). The SMILES string of the molecule is CC(C)(C)c1ccc(/C=C/CC(F)(F)F)cc1. The Bertz CT molecular complexity index is 377. The predicted molar refractivity (Wildman–Crippen MR) is 64.8 cm³/mol. The number of alkyl halides is 3. The molecule has 17 heavy (non-hydrogen) atoms. The zero-order chi connectivity index (χ0) is 13.1. The average Bonchev–Trinajstić information content (AvgIpc) is 2.15. The molecule has 0 N–H and O–H groups in total. The van der Waals surface area contributed by atoms with Crippen LogP contribution in [0.4, 0.5) is 13.2 Å². The molecule has 0 bridgehead atoms. The highest BCUT2D eigenvalue weighted by molar-refractivity contribution is 5.50. The first-order valence-corrected chi connectivity index (χ1v) is 5.52. The fraction of sp³-hybridized carbons (Fsp3) is 0.429. The van der Waals surface area contributed by atoms with Gasteiger partial charge >= 0.3 is 6.18 Å². The van der Waals surface area contributed by atoms with Crippen molar-refractivity contribution in [2.45, 2.75) is 38.8 Å². The molecule has 0 heterocycles. The van der Waals surface area contributed by atoms with Crippen molar-refractivity contribution in [2.75, 3.05) is 0 Å². The molecule has 0 aliphatic carbocycles. The van der Waals surface area contributed by atoms with Gasteiger partial charge in [-0.05, 0) is 16.5 Å². The normalized spacial score (nSPS) is 13.3. The van der Waals surface area contributed by atoms with Gasteiger partial charge in [-0.1, -0.05) is 57.2 Å². The van der Waals surface area contributed by atoms with E-state index in [1.807, 2.05) is 24.3 Å². The summed E-state index contributed by atoms with van der Waals surface area (Å²) in [5.74, 6) is 0. The molecule has 0 fully saturated rings. The van der Waals surface area contributed by atoms with Gasteiger partial charge in [0.2, 0.25) is 0 Å². The highest BCUT2D eigenvalue weighted by Gasteiger charge is 2.24. The van der Waals surface area contributed by atoms with Gasteiger partial charge in [-0.15, -0.1) is 0 Å². The Kier molecular flexibility index (Phi) is 4.02. The van der Waals surface area contributed by atoms with Crippen LogP contribution in [-0.4, -0.2) is 6.18 Å². The molecular weight excluding hydrogens is 225 g/mol. The summed E-state index contributed by atoms with van der Waals surface area (Å²) in [6.07, 6.45) is -2.36. The van der Waals surface area contributed by atoms with Crippen molar-refractivity contribution in [1.29, 1.82) is 0 Å². The van der Waals surface area contributed by atoms with E-state index in [0.29, 0.717) is 0 Å². The lowest BCUT2D eigenvalue weighted by atomic mass is 9.87. The van der Waals surface area contributed by atoms with E-state index in [1.54, 1.807) is 0 Å². The van der Waals surface area contributed by atoms with Gasteiger partial charge in [0.25, 0.3) is 0 Å². The third kappa shape index (κ3) is 5.07. The van der Waals surface area contributed by atoms with Gasteiger partial charge in [-0.25, -0.2) is 0 Å². The van der Waals surface area contributed by atoms with Crippen molar-refractivity contribution in [1.82, 2.24) is 0 Å². The molecular formula is C14H17F3. The maximum absolute atomic E-state index is 11.9. The minimum Gasteiger partial charge on any atom is -0.171 e. The summed E-state index contributed by atoms with van der Waals surface area (Å²) in [5.41, 5.74) is 2.03. The van der Waals surface area contributed by atoms with E-state index < -0.39 is 12.6 Å². The van der Waals surface area contributed by atoms with Gasteiger partial charge < -0.3 is 0 Å². The van der Waals surface area contributed by atoms with Crippen molar-refractivity contribution in [3.8, 4) is 0 Å². The van der Waals surface area contributed by atoms with Crippen LogP contribution >= 0.6 is 0 Å². The monoisotopic (exact) mass is 242 g/mol. The first-order valence-electron chi connectivity index (χ1n) is 5.52. The highest BCUT2D eigenvalue weighted by Crippen LogP contribution is 2.23. The maximum atomic E-state index is 11.9. The smallest absolute Gasteiger partial charge is 0.171 e. The summed E-state index contributed by atoms with van der Waals surface area (Å²) in [6, 6.07) is 7.58. The van der Waals surface area contributed by atoms with Crippen molar-refractivity contribution >= 4 is 6.08 Å². The molecule has 94 valence electrons. The zero-order valence-electron chi connectivity index (χ0n) is 10.3. The first kappa shape index (κ1) is 13.8. The second-order valence-electron chi connectivity index (χ2n) is 5.09. The van der Waals surface area contributed by atoms with E-state index in [1.165, 1.54) is 11.6 Å². The second-order valence-corrected chi connectivity index (χ2v) is 5.09. The van der Waals surface area contributed by atoms with Crippen LogP contribution in [0, 0.1) is 0 Å². The van der Waals surface area contributed by atoms with Crippen LogP contribution in [0.2, 0.25) is 0 Å². The van der Waals surface area contributed by atoms with Gasteiger partial charge in [-0.2, -0.15) is 13.2 Å². The van der Waals surface area contributed by atoms with Crippen molar-refractivity contribution in [3.63, 3.8) is 0 Å². The number of hydrogen-bond donors (Lipinski definition) is 0. The zero-order valence-corrected chi connectivity index (χ0v) is 10.3. The van der Waals surface area contributed by atoms with Gasteiger partial charge in [0, 0.05) is 0 Å². The number of allylic oxidation sites excluding steroid dienone is 1. The number of rotatable bonds is 2. The number of hydrogen-bond acceptors (Lipinski definition) is 0. The molecule has 0 aliphatic rings. The van der Waals surface area contributed by atoms with Crippen LogP contribution in [0.5, 0.6) is 0 Å². The number of halogens is 3. The van der Waals surface area contributed by atoms with E-state index >= 15 is 0 Å². The molecule has 0 aliphatic heterocycles. The summed E-state index contributed by atoms with van der Waals surface area (Å²) in [7, 11) is 0. The molecule has 0 atom stereocenters. The predicted octanol–water partition coefficient (Wildman–Crippen LogP) is 4.95. The Morgan fingerprint density at radius 2 is 1.53 bits per heavy atom. The van der Waals surface area contributed by atoms with E-state index in [9.17, 15) is 13.2 Å². The summed E-state index contributed by atoms with van der Waals surface area (Å²) in [5, 5.41) is 0. The Hall–Kier alpha value is -1.25. The van der Waals surface area contributed by atoms with Crippen LogP contribution in [0.25, 0.3) is 6.08 Å². The summed E-state index contributed by atoms with van der Waals surface area (Å²) in [6.45, 7) is 6.30. The molecule has 0 spiro atoms. The quantitative estimate of drug-likeness (QED) is 0.688. The van der Waals surface area contributed by atoms with E-state index in [-0.39, 0.29) is 5.41 Å². The fourth-order valence-electron chi connectivity index (χ4n) is 1.42. The van der Waals surface area contributed by atoms with Gasteiger partial charge in [0.1, 0.15) is 0 Å². The molecule has 1 aromatic carbocycles.